The third-order valence-corrected chi connectivity index (χ3v) is 6.15. The van der Waals surface area contributed by atoms with E-state index in [1.807, 2.05) is 12.1 Å². The Balaban J connectivity index is 1.21. The predicted octanol–water partition coefficient (Wildman–Crippen LogP) is 4.17. The molecule has 2 heterocycles. The molecule has 0 aliphatic carbocycles. The van der Waals surface area contributed by atoms with E-state index >= 15 is 0 Å². The van der Waals surface area contributed by atoms with Crippen LogP contribution in [0, 0.1) is 11.7 Å². The van der Waals surface area contributed by atoms with Crippen LogP contribution in [0.4, 0.5) is 4.39 Å². The number of halogens is 3. The highest BCUT2D eigenvalue weighted by Crippen LogP contribution is 2.21. The van der Waals surface area contributed by atoms with Crippen LogP contribution in [0.1, 0.15) is 16.9 Å². The number of aliphatic hydroxyl groups is 1. The summed E-state index contributed by atoms with van der Waals surface area (Å²) in [4.78, 5) is 19.1. The van der Waals surface area contributed by atoms with E-state index in [4.69, 9.17) is 27.9 Å². The molecule has 3 aromatic rings. The van der Waals surface area contributed by atoms with Crippen LogP contribution >= 0.6 is 23.2 Å². The van der Waals surface area contributed by atoms with E-state index in [2.05, 4.69) is 15.2 Å². The molecule has 1 amide bonds. The van der Waals surface area contributed by atoms with Crippen LogP contribution in [-0.2, 0) is 0 Å². The van der Waals surface area contributed by atoms with Crippen LogP contribution in [-0.4, -0.2) is 59.8 Å². The lowest BCUT2D eigenvalue weighted by Gasteiger charge is -2.20. The van der Waals surface area contributed by atoms with Crippen molar-refractivity contribution in [3.8, 4) is 5.75 Å². The molecular weight excluding hydrogens is 468 g/mol. The third kappa shape index (κ3) is 6.32. The number of fused-ring (bicyclic) bond motifs is 1. The minimum Gasteiger partial charge on any atom is -0.491 e. The van der Waals surface area contributed by atoms with Gasteiger partial charge < -0.3 is 20.1 Å². The van der Waals surface area contributed by atoms with E-state index in [0.717, 1.165) is 30.4 Å². The van der Waals surface area contributed by atoms with Gasteiger partial charge in [0.25, 0.3) is 5.91 Å². The topological polar surface area (TPSA) is 74.7 Å². The predicted molar refractivity (Wildman–Crippen MR) is 127 cm³/mol. The van der Waals surface area contributed by atoms with Gasteiger partial charge in [-0.15, -0.1) is 0 Å². The first-order valence-corrected chi connectivity index (χ1v) is 11.5. The van der Waals surface area contributed by atoms with Crippen LogP contribution in [0.3, 0.4) is 0 Å². The van der Waals surface area contributed by atoms with Crippen molar-refractivity contribution in [1.82, 2.24) is 15.2 Å². The lowest BCUT2D eigenvalue weighted by molar-refractivity contribution is 0.0743. The minimum absolute atomic E-state index is 0.0272. The molecule has 6 nitrogen and oxygen atoms in total. The number of ether oxygens (including phenoxy) is 1. The maximum absolute atomic E-state index is 13.5. The van der Waals surface area contributed by atoms with Gasteiger partial charge in [-0.3, -0.25) is 4.79 Å². The number of rotatable bonds is 8. The average molecular weight is 492 g/mol. The van der Waals surface area contributed by atoms with E-state index in [1.54, 1.807) is 24.3 Å². The number of carbonyl (C=O) groups is 1. The van der Waals surface area contributed by atoms with Crippen molar-refractivity contribution >= 4 is 40.0 Å². The molecule has 1 aromatic heterocycles. The van der Waals surface area contributed by atoms with Crippen molar-refractivity contribution in [1.29, 1.82) is 0 Å². The molecule has 1 aliphatic rings. The number of aromatic nitrogens is 1. The first-order chi connectivity index (χ1) is 15.9. The second kappa shape index (κ2) is 10.7. The quantitative estimate of drug-likeness (QED) is 0.494. The Bertz CT molecular complexity index is 1150. The van der Waals surface area contributed by atoms with Gasteiger partial charge in [0.05, 0.1) is 10.5 Å². The highest BCUT2D eigenvalue weighted by molar-refractivity contribution is 6.31. The molecule has 1 saturated heterocycles. The third-order valence-electron chi connectivity index (χ3n) is 5.61. The molecule has 9 heteroatoms. The number of hydrogen-bond acceptors (Lipinski definition) is 5. The van der Waals surface area contributed by atoms with Crippen molar-refractivity contribution in [2.45, 2.75) is 12.5 Å². The maximum Gasteiger partial charge on any atom is 0.269 e. The van der Waals surface area contributed by atoms with E-state index in [-0.39, 0.29) is 23.5 Å². The summed E-state index contributed by atoms with van der Waals surface area (Å²) >= 11 is 11.6. The Labute approximate surface area is 201 Å². The number of nitrogens with one attached hydrogen (secondary N) is 1. The van der Waals surface area contributed by atoms with Gasteiger partial charge in [0.2, 0.25) is 0 Å². The summed E-state index contributed by atoms with van der Waals surface area (Å²) in [5, 5.41) is 14.8. The molecule has 33 heavy (non-hydrogen) atoms. The highest BCUT2D eigenvalue weighted by atomic mass is 35.5. The molecule has 2 atom stereocenters. The van der Waals surface area contributed by atoms with Crippen molar-refractivity contribution in [3.05, 3.63) is 70.1 Å². The number of carbonyl (C=O) groups excluding carboxylic acids is 1. The summed E-state index contributed by atoms with van der Waals surface area (Å²) in [5.74, 6) is -0.166. The van der Waals surface area contributed by atoms with Crippen molar-refractivity contribution in [2.75, 3.05) is 32.8 Å². The van der Waals surface area contributed by atoms with Crippen molar-refractivity contribution in [2.24, 2.45) is 5.92 Å². The van der Waals surface area contributed by atoms with Crippen LogP contribution < -0.4 is 10.1 Å². The van der Waals surface area contributed by atoms with Crippen molar-refractivity contribution < 1.29 is 19.0 Å². The molecule has 1 fully saturated rings. The number of amides is 1. The molecule has 0 radical (unpaired) electrons. The number of aliphatic hydroxyl groups excluding tert-OH is 1. The van der Waals surface area contributed by atoms with Gasteiger partial charge in [-0.2, -0.15) is 0 Å². The first-order valence-electron chi connectivity index (χ1n) is 10.7. The molecule has 2 aromatic carbocycles. The molecule has 0 spiro atoms. The minimum atomic E-state index is -0.715. The van der Waals surface area contributed by atoms with Crippen LogP contribution in [0.25, 0.3) is 10.9 Å². The van der Waals surface area contributed by atoms with Gasteiger partial charge >= 0.3 is 0 Å². The van der Waals surface area contributed by atoms with E-state index < -0.39 is 11.9 Å². The average Bonchev–Trinajstić information content (AvgIpc) is 3.25. The SMILES string of the molecule is O=C(NCC1CCN(C[C@H](O)COc2ccc(Cl)c(F)c2)C1)c1ccc2cc(Cl)ccc2n1. The van der Waals surface area contributed by atoms with Gasteiger partial charge in [0.1, 0.15) is 30.0 Å². The summed E-state index contributed by atoms with van der Waals surface area (Å²) in [6, 6.07) is 13.1. The fourth-order valence-corrected chi connectivity index (χ4v) is 4.20. The zero-order chi connectivity index (χ0) is 23.4. The molecule has 0 saturated carbocycles. The second-order valence-corrected chi connectivity index (χ2v) is 9.04. The Kier molecular flexibility index (Phi) is 7.65. The van der Waals surface area contributed by atoms with Crippen LogP contribution in [0.5, 0.6) is 5.75 Å². The van der Waals surface area contributed by atoms with E-state index in [0.29, 0.717) is 29.6 Å². The van der Waals surface area contributed by atoms with Crippen molar-refractivity contribution in [3.63, 3.8) is 0 Å². The maximum atomic E-state index is 13.5. The lowest BCUT2D eigenvalue weighted by atomic mass is 10.1. The zero-order valence-electron chi connectivity index (χ0n) is 17.8. The van der Waals surface area contributed by atoms with E-state index in [9.17, 15) is 14.3 Å². The summed E-state index contributed by atoms with van der Waals surface area (Å²) in [6.07, 6.45) is 0.201. The molecular formula is C24H24Cl2FN3O3. The van der Waals surface area contributed by atoms with Gasteiger partial charge in [0, 0.05) is 36.1 Å². The lowest BCUT2D eigenvalue weighted by Crippen LogP contribution is -2.36. The molecule has 2 N–H and O–H groups in total. The number of benzene rings is 2. The Hall–Kier alpha value is -2.45. The Morgan fingerprint density at radius 3 is 2.91 bits per heavy atom. The normalized spacial score (nSPS) is 17.3. The summed E-state index contributed by atoms with van der Waals surface area (Å²) in [5.41, 5.74) is 1.09. The van der Waals surface area contributed by atoms with Gasteiger partial charge in [-0.25, -0.2) is 9.37 Å². The first kappa shape index (κ1) is 23.7. The summed E-state index contributed by atoms with van der Waals surface area (Å²) < 4.78 is 18.9. The molecule has 174 valence electrons. The van der Waals surface area contributed by atoms with Gasteiger partial charge in [-0.1, -0.05) is 29.3 Å². The van der Waals surface area contributed by atoms with Gasteiger partial charge in [-0.05, 0) is 55.3 Å². The molecule has 0 bridgehead atoms. The van der Waals surface area contributed by atoms with Gasteiger partial charge in [0.15, 0.2) is 0 Å². The number of likely N-dealkylation sites (tertiary alicyclic amines) is 1. The number of pyridine rings is 1. The fourth-order valence-electron chi connectivity index (χ4n) is 3.91. The fraction of sp³-hybridized carbons (Fsp3) is 0.333. The highest BCUT2D eigenvalue weighted by Gasteiger charge is 2.25. The zero-order valence-corrected chi connectivity index (χ0v) is 19.3. The largest absolute Gasteiger partial charge is 0.491 e. The molecule has 1 aliphatic heterocycles. The van der Waals surface area contributed by atoms with E-state index in [1.165, 1.54) is 12.1 Å². The summed E-state index contributed by atoms with van der Waals surface area (Å²) in [7, 11) is 0. The number of β-amino-alcohol motifs (C(OH)–C–C–N with tert-alkyl or cyclic N) is 1. The Morgan fingerprint density at radius 2 is 2.09 bits per heavy atom. The molecule has 1 unspecified atom stereocenters. The number of nitrogens with zero attached hydrogens (tertiary/aromatic N) is 2. The van der Waals surface area contributed by atoms with Crippen LogP contribution in [0.15, 0.2) is 48.5 Å². The Morgan fingerprint density at radius 1 is 1.24 bits per heavy atom. The monoisotopic (exact) mass is 491 g/mol. The smallest absolute Gasteiger partial charge is 0.269 e. The van der Waals surface area contributed by atoms with Crippen LogP contribution in [0.2, 0.25) is 10.0 Å². The number of hydrogen-bond donors (Lipinski definition) is 2. The summed E-state index contributed by atoms with van der Waals surface area (Å²) in [6.45, 7) is 2.61. The second-order valence-electron chi connectivity index (χ2n) is 8.20. The standard InChI is InChI=1S/C24H24Cl2FN3O3/c25-17-2-6-22-16(9-17)1-5-23(29-22)24(32)28-11-15-7-8-30(12-15)13-18(31)14-33-19-3-4-20(26)21(27)10-19/h1-6,9-10,15,18,31H,7-8,11-14H2,(H,28,32)/t15?,18-/m0/s1. The molecule has 4 rings (SSSR count).